The maximum absolute atomic E-state index is 12.8. The minimum Gasteiger partial charge on any atom is -0.286 e. The molecular formula is C25H20ClNO2S. The molecule has 4 rings (SSSR count). The Balaban J connectivity index is 1.81. The third kappa shape index (κ3) is 4.25. The Hall–Kier alpha value is -3.08. The Morgan fingerprint density at radius 1 is 0.867 bits per heavy atom. The van der Waals surface area contributed by atoms with Crippen molar-refractivity contribution < 1.29 is 8.42 Å². The molecule has 2 aromatic carbocycles. The lowest BCUT2D eigenvalue weighted by atomic mass is 9.97. The minimum atomic E-state index is -3.71. The molecule has 5 heteroatoms. The Morgan fingerprint density at radius 3 is 2.40 bits per heavy atom. The predicted octanol–water partition coefficient (Wildman–Crippen LogP) is 6.12. The summed E-state index contributed by atoms with van der Waals surface area (Å²) in [6.07, 6.45) is 1.54. The zero-order valence-corrected chi connectivity index (χ0v) is 17.9. The molecule has 3 nitrogen and oxygen atoms in total. The number of nitrogens with one attached hydrogen (secondary N) is 1. The van der Waals surface area contributed by atoms with Crippen LogP contribution >= 0.6 is 11.6 Å². The summed E-state index contributed by atoms with van der Waals surface area (Å²) < 4.78 is 28.3. The molecule has 0 spiro atoms. The van der Waals surface area contributed by atoms with Gasteiger partial charge in [-0.05, 0) is 53.4 Å². The van der Waals surface area contributed by atoms with Crippen molar-refractivity contribution in [1.29, 1.82) is 0 Å². The standard InChI is InChI=1S/C25H20ClNO2S/c1-18-10-13-22(14-11-18)30(28,29)27-17-25(20-7-5-8-21(26)16-20)24-15-12-19-6-3-2-4-9-23(19)24/h2-17,27H,1H3. The van der Waals surface area contributed by atoms with E-state index in [1.54, 1.807) is 36.5 Å². The number of sulfonamides is 1. The quantitative estimate of drug-likeness (QED) is 0.412. The smallest absolute Gasteiger partial charge is 0.261 e. The van der Waals surface area contributed by atoms with Crippen molar-refractivity contribution in [3.63, 3.8) is 0 Å². The molecule has 0 bridgehead atoms. The Kier molecular flexibility index (Phi) is 5.62. The Bertz CT molecular complexity index is 1290. The van der Waals surface area contributed by atoms with Gasteiger partial charge in [0.2, 0.25) is 0 Å². The SMILES string of the molecule is Cc1ccc(S(=O)(=O)NC=C(c2cccc(Cl)c2)c2ccc3cccccc2-3)cc1. The molecule has 30 heavy (non-hydrogen) atoms. The zero-order chi connectivity index (χ0) is 21.1. The largest absolute Gasteiger partial charge is 0.286 e. The van der Waals surface area contributed by atoms with Gasteiger partial charge in [-0.2, -0.15) is 0 Å². The van der Waals surface area contributed by atoms with Gasteiger partial charge in [0.05, 0.1) is 4.90 Å². The van der Waals surface area contributed by atoms with Gasteiger partial charge in [-0.15, -0.1) is 0 Å². The fourth-order valence-corrected chi connectivity index (χ4v) is 4.44. The molecular weight excluding hydrogens is 414 g/mol. The van der Waals surface area contributed by atoms with Crippen LogP contribution in [0.2, 0.25) is 5.02 Å². The summed E-state index contributed by atoms with van der Waals surface area (Å²) >= 11 is 6.22. The number of benzene rings is 2. The van der Waals surface area contributed by atoms with Crippen molar-refractivity contribution in [2.75, 3.05) is 0 Å². The van der Waals surface area contributed by atoms with E-state index in [-0.39, 0.29) is 4.90 Å². The van der Waals surface area contributed by atoms with Crippen LogP contribution in [0.3, 0.4) is 0 Å². The van der Waals surface area contributed by atoms with E-state index in [0.29, 0.717) is 5.02 Å². The number of fused-ring (bicyclic) bond motifs is 1. The molecule has 150 valence electrons. The molecule has 0 aromatic heterocycles. The molecule has 0 radical (unpaired) electrons. The predicted molar refractivity (Wildman–Crippen MR) is 123 cm³/mol. The summed E-state index contributed by atoms with van der Waals surface area (Å²) in [5.41, 5.74) is 5.60. The zero-order valence-electron chi connectivity index (χ0n) is 16.3. The van der Waals surface area contributed by atoms with Gasteiger partial charge in [0, 0.05) is 16.8 Å². The van der Waals surface area contributed by atoms with Crippen molar-refractivity contribution in [2.24, 2.45) is 0 Å². The summed E-state index contributed by atoms with van der Waals surface area (Å²) in [5, 5.41) is 0.584. The van der Waals surface area contributed by atoms with Crippen LogP contribution in [0.5, 0.6) is 0 Å². The van der Waals surface area contributed by atoms with E-state index in [0.717, 1.165) is 33.4 Å². The normalized spacial score (nSPS) is 12.1. The fourth-order valence-electron chi connectivity index (χ4n) is 3.34. The van der Waals surface area contributed by atoms with Crippen molar-refractivity contribution in [2.45, 2.75) is 11.8 Å². The molecule has 0 saturated heterocycles. The summed E-state index contributed by atoms with van der Waals surface area (Å²) in [7, 11) is -3.71. The van der Waals surface area contributed by atoms with Crippen LogP contribution in [0, 0.1) is 6.92 Å². The van der Waals surface area contributed by atoms with E-state index in [9.17, 15) is 8.42 Å². The van der Waals surface area contributed by atoms with Gasteiger partial charge in [-0.3, -0.25) is 4.72 Å². The molecule has 0 aliphatic heterocycles. The maximum Gasteiger partial charge on any atom is 0.261 e. The highest BCUT2D eigenvalue weighted by Gasteiger charge is 2.17. The highest BCUT2D eigenvalue weighted by atomic mass is 35.5. The molecule has 0 amide bonds. The van der Waals surface area contributed by atoms with Crippen LogP contribution in [0.1, 0.15) is 16.7 Å². The monoisotopic (exact) mass is 433 g/mol. The molecule has 1 N–H and O–H groups in total. The number of halogens is 1. The highest BCUT2D eigenvalue weighted by molar-refractivity contribution is 7.89. The summed E-state index contributed by atoms with van der Waals surface area (Å²) in [6.45, 7) is 1.92. The Labute approximate surface area is 182 Å². The van der Waals surface area contributed by atoms with Gasteiger partial charge < -0.3 is 0 Å². The average molecular weight is 434 g/mol. The first-order chi connectivity index (χ1) is 14.4. The molecule has 0 unspecified atom stereocenters. The molecule has 2 aliphatic rings. The van der Waals surface area contributed by atoms with Crippen molar-refractivity contribution >= 4 is 27.2 Å². The number of rotatable bonds is 5. The first-order valence-electron chi connectivity index (χ1n) is 9.47. The van der Waals surface area contributed by atoms with E-state index >= 15 is 0 Å². The van der Waals surface area contributed by atoms with Gasteiger partial charge in [0.1, 0.15) is 0 Å². The van der Waals surface area contributed by atoms with Crippen LogP contribution in [0.15, 0.2) is 102 Å². The molecule has 0 heterocycles. The van der Waals surface area contributed by atoms with Crippen molar-refractivity contribution in [3.8, 4) is 11.1 Å². The van der Waals surface area contributed by atoms with Crippen LogP contribution in [0.4, 0.5) is 0 Å². The van der Waals surface area contributed by atoms with Gasteiger partial charge >= 0.3 is 0 Å². The van der Waals surface area contributed by atoms with Gasteiger partial charge in [-0.1, -0.05) is 83.9 Å². The third-order valence-electron chi connectivity index (χ3n) is 4.91. The number of aryl methyl sites for hydroxylation is 1. The van der Waals surface area contributed by atoms with Crippen LogP contribution in [0.25, 0.3) is 16.7 Å². The van der Waals surface area contributed by atoms with Gasteiger partial charge in [-0.25, -0.2) is 8.42 Å². The van der Waals surface area contributed by atoms with Gasteiger partial charge in [0.15, 0.2) is 0 Å². The minimum absolute atomic E-state index is 0.216. The lowest BCUT2D eigenvalue weighted by Gasteiger charge is -2.12. The average Bonchev–Trinajstić information content (AvgIpc) is 2.96. The molecule has 0 fully saturated rings. The van der Waals surface area contributed by atoms with Crippen molar-refractivity contribution in [3.05, 3.63) is 119 Å². The number of hydrogen-bond acceptors (Lipinski definition) is 2. The summed E-state index contributed by atoms with van der Waals surface area (Å²) in [5.74, 6) is 0. The maximum atomic E-state index is 12.8. The number of hydrogen-bond donors (Lipinski definition) is 1. The second kappa shape index (κ2) is 8.34. The summed E-state index contributed by atoms with van der Waals surface area (Å²) in [4.78, 5) is 0.216. The molecule has 0 atom stereocenters. The highest BCUT2D eigenvalue weighted by Crippen LogP contribution is 2.35. The third-order valence-corrected chi connectivity index (χ3v) is 6.46. The topological polar surface area (TPSA) is 46.2 Å². The Morgan fingerprint density at radius 2 is 1.63 bits per heavy atom. The second-order valence-electron chi connectivity index (χ2n) is 7.03. The molecule has 0 saturated carbocycles. The van der Waals surface area contributed by atoms with E-state index in [1.165, 1.54) is 0 Å². The summed E-state index contributed by atoms with van der Waals surface area (Å²) in [6, 6.07) is 28.1. The van der Waals surface area contributed by atoms with Crippen LogP contribution in [-0.2, 0) is 10.0 Å². The fraction of sp³-hybridized carbons (Fsp3) is 0.0400. The first-order valence-corrected chi connectivity index (χ1v) is 11.3. The first kappa shape index (κ1) is 20.2. The second-order valence-corrected chi connectivity index (χ2v) is 9.18. The molecule has 2 aliphatic carbocycles. The molecule has 2 aromatic rings. The lowest BCUT2D eigenvalue weighted by Crippen LogP contribution is -2.18. The van der Waals surface area contributed by atoms with E-state index in [1.807, 2.05) is 67.6 Å². The van der Waals surface area contributed by atoms with E-state index in [2.05, 4.69) is 4.72 Å². The van der Waals surface area contributed by atoms with E-state index in [4.69, 9.17) is 11.6 Å². The van der Waals surface area contributed by atoms with Gasteiger partial charge in [0.25, 0.3) is 10.0 Å². The lowest BCUT2D eigenvalue weighted by molar-refractivity contribution is 0.590. The van der Waals surface area contributed by atoms with Crippen LogP contribution in [-0.4, -0.2) is 8.42 Å². The van der Waals surface area contributed by atoms with Crippen LogP contribution < -0.4 is 4.72 Å². The van der Waals surface area contributed by atoms with Crippen molar-refractivity contribution in [1.82, 2.24) is 4.72 Å². The van der Waals surface area contributed by atoms with E-state index < -0.39 is 10.0 Å².